The Labute approximate surface area is 97.8 Å². The van der Waals surface area contributed by atoms with Crippen molar-refractivity contribution in [3.05, 3.63) is 12.7 Å². The molecule has 4 atom stereocenters. The molecule has 0 aromatic rings. The molecule has 3 heterocycles. The van der Waals surface area contributed by atoms with Gasteiger partial charge in [0.2, 0.25) is 10.0 Å². The van der Waals surface area contributed by atoms with Crippen LogP contribution in [0.15, 0.2) is 12.7 Å². The zero-order valence-corrected chi connectivity index (χ0v) is 10.5. The molecule has 3 aliphatic rings. The van der Waals surface area contributed by atoms with Crippen LogP contribution in [0.3, 0.4) is 0 Å². The Balaban J connectivity index is 1.93. The third-order valence-electron chi connectivity index (χ3n) is 3.81. The number of hydrogen-bond donors (Lipinski definition) is 1. The van der Waals surface area contributed by atoms with Crippen LogP contribution in [0.1, 0.15) is 12.8 Å². The van der Waals surface area contributed by atoms with Gasteiger partial charge in [0.05, 0.1) is 6.26 Å². The van der Waals surface area contributed by atoms with Crippen LogP contribution in [0.2, 0.25) is 0 Å². The van der Waals surface area contributed by atoms with E-state index in [4.69, 9.17) is 0 Å². The molecule has 0 aliphatic carbocycles. The quantitative estimate of drug-likeness (QED) is 0.730. The van der Waals surface area contributed by atoms with Gasteiger partial charge in [-0.25, -0.2) is 13.1 Å². The first kappa shape index (κ1) is 12.1. The molecule has 5 heteroatoms. The second-order valence-corrected chi connectivity index (χ2v) is 6.79. The van der Waals surface area contributed by atoms with Gasteiger partial charge in [-0.1, -0.05) is 6.08 Å². The Morgan fingerprint density at radius 1 is 1.56 bits per heavy atom. The predicted molar refractivity (Wildman–Crippen MR) is 64.6 cm³/mol. The third kappa shape index (κ3) is 2.64. The molecule has 2 bridgehead atoms. The molecule has 0 amide bonds. The monoisotopic (exact) mass is 244 g/mol. The summed E-state index contributed by atoms with van der Waals surface area (Å²) in [7, 11) is -3.06. The highest BCUT2D eigenvalue weighted by Gasteiger charge is 2.38. The molecule has 0 aromatic carbocycles. The molecule has 0 aromatic heterocycles. The summed E-state index contributed by atoms with van der Waals surface area (Å²) in [5, 5.41) is 0. The summed E-state index contributed by atoms with van der Waals surface area (Å²) in [5.74, 6) is 1.30. The standard InChI is InChI=1S/C11H20N2O2S/c1-3-9-8-13-5-4-10(9)6-11(13)7-12-16(2,14)15/h3,9-12H,1,4-8H2,2H3/t9-,10-,11+/m0/s1. The summed E-state index contributed by atoms with van der Waals surface area (Å²) in [6, 6.07) is 0.379. The van der Waals surface area contributed by atoms with Crippen molar-refractivity contribution >= 4 is 10.0 Å². The van der Waals surface area contributed by atoms with E-state index in [9.17, 15) is 8.42 Å². The Hall–Kier alpha value is -0.390. The molecular weight excluding hydrogens is 224 g/mol. The van der Waals surface area contributed by atoms with E-state index >= 15 is 0 Å². The van der Waals surface area contributed by atoms with E-state index in [-0.39, 0.29) is 0 Å². The zero-order chi connectivity index (χ0) is 11.8. The van der Waals surface area contributed by atoms with Crippen LogP contribution in [-0.2, 0) is 10.0 Å². The maximum absolute atomic E-state index is 11.1. The van der Waals surface area contributed by atoms with Gasteiger partial charge in [0.1, 0.15) is 0 Å². The Morgan fingerprint density at radius 3 is 2.81 bits per heavy atom. The van der Waals surface area contributed by atoms with Crippen molar-refractivity contribution in [1.29, 1.82) is 0 Å². The summed E-state index contributed by atoms with van der Waals surface area (Å²) >= 11 is 0. The molecule has 3 aliphatic heterocycles. The molecular formula is C11H20N2O2S. The van der Waals surface area contributed by atoms with E-state index in [2.05, 4.69) is 22.3 Å². The summed E-state index contributed by atoms with van der Waals surface area (Å²) in [6.07, 6.45) is 5.60. The van der Waals surface area contributed by atoms with Gasteiger partial charge in [0, 0.05) is 19.1 Å². The van der Waals surface area contributed by atoms with E-state index in [0.717, 1.165) is 19.5 Å². The fourth-order valence-corrected chi connectivity index (χ4v) is 3.40. The van der Waals surface area contributed by atoms with Crippen LogP contribution in [0, 0.1) is 11.8 Å². The highest BCUT2D eigenvalue weighted by atomic mass is 32.2. The van der Waals surface area contributed by atoms with Crippen molar-refractivity contribution in [1.82, 2.24) is 9.62 Å². The summed E-state index contributed by atoms with van der Waals surface area (Å²) < 4.78 is 24.7. The molecule has 4 nitrogen and oxygen atoms in total. The Morgan fingerprint density at radius 2 is 2.31 bits per heavy atom. The lowest BCUT2D eigenvalue weighted by atomic mass is 9.76. The van der Waals surface area contributed by atoms with E-state index in [1.165, 1.54) is 12.7 Å². The van der Waals surface area contributed by atoms with Gasteiger partial charge in [-0.15, -0.1) is 6.58 Å². The predicted octanol–water partition coefficient (Wildman–Crippen LogP) is 0.432. The van der Waals surface area contributed by atoms with Gasteiger partial charge in [-0.2, -0.15) is 0 Å². The Kier molecular flexibility index (Phi) is 3.37. The fourth-order valence-electron chi connectivity index (χ4n) is 2.91. The van der Waals surface area contributed by atoms with Gasteiger partial charge >= 0.3 is 0 Å². The number of rotatable bonds is 4. The van der Waals surface area contributed by atoms with Crippen molar-refractivity contribution in [2.75, 3.05) is 25.9 Å². The van der Waals surface area contributed by atoms with Crippen molar-refractivity contribution in [3.63, 3.8) is 0 Å². The first-order chi connectivity index (χ1) is 7.49. The number of hydrogen-bond acceptors (Lipinski definition) is 3. The van der Waals surface area contributed by atoms with Crippen LogP contribution in [0.5, 0.6) is 0 Å². The number of sulfonamides is 1. The first-order valence-electron chi connectivity index (χ1n) is 5.81. The molecule has 0 spiro atoms. The highest BCUT2D eigenvalue weighted by Crippen LogP contribution is 2.36. The van der Waals surface area contributed by atoms with E-state index in [1.54, 1.807) is 0 Å². The summed E-state index contributed by atoms with van der Waals surface area (Å²) in [5.41, 5.74) is 0. The van der Waals surface area contributed by atoms with Crippen LogP contribution < -0.4 is 4.72 Å². The van der Waals surface area contributed by atoms with Crippen LogP contribution in [0.4, 0.5) is 0 Å². The third-order valence-corrected chi connectivity index (χ3v) is 4.50. The SMILES string of the molecule is C=C[C@H]1CN2CC[C@H]1C[C@@H]2CNS(C)(=O)=O. The molecule has 1 unspecified atom stereocenters. The summed E-state index contributed by atoms with van der Waals surface area (Å²) in [4.78, 5) is 2.39. The number of piperidine rings is 3. The molecule has 1 N–H and O–H groups in total. The van der Waals surface area contributed by atoms with Crippen molar-refractivity contribution in [2.45, 2.75) is 18.9 Å². The zero-order valence-electron chi connectivity index (χ0n) is 9.72. The van der Waals surface area contributed by atoms with Crippen molar-refractivity contribution < 1.29 is 8.42 Å². The van der Waals surface area contributed by atoms with Gasteiger partial charge in [-0.3, -0.25) is 4.90 Å². The average molecular weight is 244 g/mol. The van der Waals surface area contributed by atoms with Crippen molar-refractivity contribution in [2.24, 2.45) is 11.8 Å². The van der Waals surface area contributed by atoms with E-state index in [0.29, 0.717) is 24.4 Å². The minimum absolute atomic E-state index is 0.379. The van der Waals surface area contributed by atoms with Gasteiger partial charge in [0.15, 0.2) is 0 Å². The van der Waals surface area contributed by atoms with Gasteiger partial charge in [-0.05, 0) is 31.2 Å². The second kappa shape index (κ2) is 4.47. The van der Waals surface area contributed by atoms with Crippen LogP contribution in [0.25, 0.3) is 0 Å². The molecule has 3 saturated heterocycles. The minimum atomic E-state index is -3.06. The van der Waals surface area contributed by atoms with E-state index < -0.39 is 10.0 Å². The normalized spacial score (nSPS) is 38.6. The maximum Gasteiger partial charge on any atom is 0.208 e. The molecule has 3 fully saturated rings. The number of nitrogens with zero attached hydrogens (tertiary/aromatic N) is 1. The lowest BCUT2D eigenvalue weighted by Gasteiger charge is -2.49. The largest absolute Gasteiger partial charge is 0.298 e. The topological polar surface area (TPSA) is 49.4 Å². The Bertz CT molecular complexity index is 366. The van der Waals surface area contributed by atoms with Crippen LogP contribution >= 0.6 is 0 Å². The lowest BCUT2D eigenvalue weighted by molar-refractivity contribution is 0.0218. The summed E-state index contributed by atoms with van der Waals surface area (Å²) in [6.45, 7) is 6.58. The van der Waals surface area contributed by atoms with Crippen molar-refractivity contribution in [3.8, 4) is 0 Å². The fraction of sp³-hybridized carbons (Fsp3) is 0.818. The molecule has 0 saturated carbocycles. The van der Waals surface area contributed by atoms with Crippen LogP contribution in [-0.4, -0.2) is 45.2 Å². The first-order valence-corrected chi connectivity index (χ1v) is 7.70. The molecule has 16 heavy (non-hydrogen) atoms. The lowest BCUT2D eigenvalue weighted by Crippen LogP contribution is -2.56. The highest BCUT2D eigenvalue weighted by molar-refractivity contribution is 7.88. The average Bonchev–Trinajstić information content (AvgIpc) is 2.26. The number of fused-ring (bicyclic) bond motifs is 3. The maximum atomic E-state index is 11.1. The van der Waals surface area contributed by atoms with Gasteiger partial charge < -0.3 is 0 Å². The van der Waals surface area contributed by atoms with E-state index in [1.807, 2.05) is 0 Å². The second-order valence-electron chi connectivity index (χ2n) is 4.95. The molecule has 0 radical (unpaired) electrons. The minimum Gasteiger partial charge on any atom is -0.298 e. The molecule has 92 valence electrons. The van der Waals surface area contributed by atoms with Gasteiger partial charge in [0.25, 0.3) is 0 Å². The molecule has 3 rings (SSSR count). The number of nitrogens with one attached hydrogen (secondary N) is 1. The smallest absolute Gasteiger partial charge is 0.208 e.